The molecule has 6 heteroatoms. The average Bonchev–Trinajstić information content (AvgIpc) is 2.89. The van der Waals surface area contributed by atoms with Crippen molar-refractivity contribution in [2.75, 3.05) is 19.5 Å². The molecule has 22 heavy (non-hydrogen) atoms. The molecule has 116 valence electrons. The molecule has 2 aromatic rings. The van der Waals surface area contributed by atoms with E-state index < -0.39 is 5.97 Å². The second-order valence-corrected chi connectivity index (χ2v) is 5.38. The highest BCUT2D eigenvalue weighted by Gasteiger charge is 2.27. The summed E-state index contributed by atoms with van der Waals surface area (Å²) in [4.78, 5) is 13.0. The fraction of sp³-hybridized carbons (Fsp3) is 0.375. The third-order valence-electron chi connectivity index (χ3n) is 3.32. The molecule has 0 N–H and O–H groups in total. The Morgan fingerprint density at radius 2 is 2.14 bits per heavy atom. The molecule has 0 radical (unpaired) electrons. The van der Waals surface area contributed by atoms with E-state index in [2.05, 4.69) is 6.07 Å². The predicted molar refractivity (Wildman–Crippen MR) is 86.5 cm³/mol. The average molecular weight is 318 g/mol. The van der Waals surface area contributed by atoms with Crippen molar-refractivity contribution in [3.05, 3.63) is 23.4 Å². The predicted octanol–water partition coefficient (Wildman–Crippen LogP) is 3.35. The Labute approximate surface area is 133 Å². The molecule has 5 nitrogen and oxygen atoms in total. The monoisotopic (exact) mass is 318 g/mol. The fourth-order valence-corrected chi connectivity index (χ4v) is 3.21. The van der Waals surface area contributed by atoms with Crippen LogP contribution >= 0.6 is 11.8 Å². The van der Waals surface area contributed by atoms with Gasteiger partial charge in [0.05, 0.1) is 24.3 Å². The number of carbonyl (C=O) groups excluding carboxylic acids is 1. The summed E-state index contributed by atoms with van der Waals surface area (Å²) in [5.74, 6) is 0.0254. The highest BCUT2D eigenvalue weighted by atomic mass is 32.2. The molecule has 1 aromatic carbocycles. The lowest BCUT2D eigenvalue weighted by atomic mass is 10.0. The van der Waals surface area contributed by atoms with Gasteiger partial charge in [-0.15, -0.1) is 11.8 Å². The van der Waals surface area contributed by atoms with Gasteiger partial charge in [-0.05, 0) is 26.2 Å². The molecule has 0 fully saturated rings. The number of hydrogen-bond donors (Lipinski definition) is 0. The largest absolute Gasteiger partial charge is 0.492 e. The van der Waals surface area contributed by atoms with E-state index >= 15 is 0 Å². The van der Waals surface area contributed by atoms with Crippen LogP contribution < -0.4 is 4.74 Å². The third-order valence-corrected chi connectivity index (χ3v) is 4.14. The molecule has 0 aliphatic heterocycles. The first-order chi connectivity index (χ1) is 10.6. The lowest BCUT2D eigenvalue weighted by Crippen LogP contribution is -2.11. The lowest BCUT2D eigenvalue weighted by molar-refractivity contribution is 0.0518. The highest BCUT2D eigenvalue weighted by Crippen LogP contribution is 2.41. The van der Waals surface area contributed by atoms with Crippen molar-refractivity contribution in [3.8, 4) is 11.8 Å². The number of fused-ring (bicyclic) bond motifs is 1. The van der Waals surface area contributed by atoms with Crippen molar-refractivity contribution in [3.63, 3.8) is 0 Å². The number of ether oxygens (including phenoxy) is 2. The second-order valence-electron chi connectivity index (χ2n) is 4.57. The Bertz CT molecular complexity index is 759. The number of aryl methyl sites for hydroxylation is 1. The minimum Gasteiger partial charge on any atom is -0.492 e. The molecule has 0 atom stereocenters. The first-order valence-electron chi connectivity index (χ1n) is 6.99. The molecular weight excluding hydrogens is 300 g/mol. The minimum absolute atomic E-state index is 0.271. The van der Waals surface area contributed by atoms with Crippen molar-refractivity contribution in [1.29, 1.82) is 5.26 Å². The van der Waals surface area contributed by atoms with Gasteiger partial charge < -0.3 is 14.0 Å². The van der Waals surface area contributed by atoms with Gasteiger partial charge >= 0.3 is 5.97 Å². The lowest BCUT2D eigenvalue weighted by Gasteiger charge is -2.16. The van der Waals surface area contributed by atoms with Gasteiger partial charge in [0.15, 0.2) is 0 Å². The second kappa shape index (κ2) is 6.75. The van der Waals surface area contributed by atoms with Gasteiger partial charge in [-0.3, -0.25) is 0 Å². The Balaban J connectivity index is 2.93. The Kier molecular flexibility index (Phi) is 4.99. The van der Waals surface area contributed by atoms with Gasteiger partial charge in [-0.25, -0.2) is 4.79 Å². The van der Waals surface area contributed by atoms with E-state index in [9.17, 15) is 10.1 Å². The summed E-state index contributed by atoms with van der Waals surface area (Å²) in [7, 11) is 1.87. The molecular formula is C16H18N2O3S. The Hall–Kier alpha value is -2.13. The smallest absolute Gasteiger partial charge is 0.343 e. The van der Waals surface area contributed by atoms with E-state index in [-0.39, 0.29) is 6.61 Å². The summed E-state index contributed by atoms with van der Waals surface area (Å²) in [6.07, 6.45) is 3.69. The van der Waals surface area contributed by atoms with Crippen LogP contribution in [-0.2, 0) is 11.8 Å². The van der Waals surface area contributed by atoms with E-state index in [0.29, 0.717) is 28.4 Å². The van der Waals surface area contributed by atoms with Crippen molar-refractivity contribution in [1.82, 2.24) is 4.57 Å². The van der Waals surface area contributed by atoms with E-state index in [4.69, 9.17) is 9.47 Å². The number of carbonyl (C=O) groups is 1. The summed E-state index contributed by atoms with van der Waals surface area (Å²) in [5.41, 5.74) is 1.58. The molecule has 1 aromatic heterocycles. The van der Waals surface area contributed by atoms with Crippen LogP contribution in [0.4, 0.5) is 0 Å². The van der Waals surface area contributed by atoms with Gasteiger partial charge in [-0.2, -0.15) is 5.26 Å². The van der Waals surface area contributed by atoms with Crippen LogP contribution in [0, 0.1) is 11.3 Å². The number of nitrogens with zero attached hydrogens (tertiary/aromatic N) is 2. The topological polar surface area (TPSA) is 64.2 Å². The molecule has 0 saturated carbocycles. The molecule has 0 aliphatic rings. The van der Waals surface area contributed by atoms with Crippen LogP contribution in [0.2, 0.25) is 0 Å². The number of benzene rings is 1. The number of nitriles is 1. The minimum atomic E-state index is -0.461. The molecule has 0 aliphatic carbocycles. The summed E-state index contributed by atoms with van der Waals surface area (Å²) < 4.78 is 12.8. The zero-order valence-corrected chi connectivity index (χ0v) is 13.9. The van der Waals surface area contributed by atoms with Crippen molar-refractivity contribution < 1.29 is 14.3 Å². The quantitative estimate of drug-likeness (QED) is 0.625. The summed E-state index contributed by atoms with van der Waals surface area (Å²) in [5, 5.41) is 10.3. The maximum absolute atomic E-state index is 12.4. The summed E-state index contributed by atoms with van der Waals surface area (Å²) >= 11 is 1.35. The first-order valence-corrected chi connectivity index (χ1v) is 8.22. The number of hydrogen-bond acceptors (Lipinski definition) is 5. The van der Waals surface area contributed by atoms with Crippen LogP contribution in [-0.4, -0.2) is 30.0 Å². The van der Waals surface area contributed by atoms with Crippen LogP contribution in [0.3, 0.4) is 0 Å². The van der Waals surface area contributed by atoms with Crippen molar-refractivity contribution in [2.45, 2.75) is 18.7 Å². The fourth-order valence-electron chi connectivity index (χ4n) is 2.49. The van der Waals surface area contributed by atoms with Crippen LogP contribution in [0.15, 0.2) is 17.2 Å². The van der Waals surface area contributed by atoms with Crippen LogP contribution in [0.25, 0.3) is 10.9 Å². The normalized spacial score (nSPS) is 10.5. The van der Waals surface area contributed by atoms with Crippen molar-refractivity contribution in [2.24, 2.45) is 7.05 Å². The molecule has 2 rings (SSSR count). The number of rotatable bonds is 5. The molecule has 1 heterocycles. The summed E-state index contributed by atoms with van der Waals surface area (Å²) in [6.45, 7) is 4.31. The zero-order chi connectivity index (χ0) is 16.3. The maximum atomic E-state index is 12.4. The number of aromatic nitrogens is 1. The summed E-state index contributed by atoms with van der Waals surface area (Å²) in [6, 6.07) is 4.07. The van der Waals surface area contributed by atoms with E-state index in [0.717, 1.165) is 10.9 Å². The first kappa shape index (κ1) is 16.2. The molecule has 0 saturated heterocycles. The standard InChI is InChI=1S/C16H18N2O3S/c1-5-20-14-10-7-8-18(3)13(10)11(9-17)15(22-4)12(14)16(19)21-6-2/h7-8H,5-6H2,1-4H3. The maximum Gasteiger partial charge on any atom is 0.343 e. The van der Waals surface area contributed by atoms with Crippen molar-refractivity contribution >= 4 is 28.6 Å². The number of esters is 1. The van der Waals surface area contributed by atoms with Gasteiger partial charge in [0.25, 0.3) is 0 Å². The van der Waals surface area contributed by atoms with Gasteiger partial charge in [0, 0.05) is 23.5 Å². The third kappa shape index (κ3) is 2.53. The highest BCUT2D eigenvalue weighted by molar-refractivity contribution is 7.98. The molecule has 0 bridgehead atoms. The Morgan fingerprint density at radius 3 is 2.68 bits per heavy atom. The van der Waals surface area contributed by atoms with Crippen LogP contribution in [0.1, 0.15) is 29.8 Å². The van der Waals surface area contributed by atoms with E-state index in [1.165, 1.54) is 11.8 Å². The van der Waals surface area contributed by atoms with Crippen LogP contribution in [0.5, 0.6) is 5.75 Å². The zero-order valence-electron chi connectivity index (χ0n) is 13.1. The van der Waals surface area contributed by atoms with Gasteiger partial charge in [0.2, 0.25) is 0 Å². The SMILES string of the molecule is CCOC(=O)c1c(SC)c(C#N)c2c(ccn2C)c1OCC. The van der Waals surface area contributed by atoms with Gasteiger partial charge in [0.1, 0.15) is 17.4 Å². The molecule has 0 amide bonds. The molecule has 0 unspecified atom stereocenters. The number of thioether (sulfide) groups is 1. The van der Waals surface area contributed by atoms with Gasteiger partial charge in [-0.1, -0.05) is 0 Å². The molecule has 0 spiro atoms. The van der Waals surface area contributed by atoms with E-state index in [1.807, 2.05) is 37.1 Å². The Morgan fingerprint density at radius 1 is 1.41 bits per heavy atom. The van der Waals surface area contributed by atoms with E-state index in [1.54, 1.807) is 6.92 Å².